The number of nitrogens with one attached hydrogen (secondary N) is 1. The van der Waals surface area contributed by atoms with Crippen LogP contribution in [0, 0.1) is 6.33 Å². The van der Waals surface area contributed by atoms with Crippen molar-refractivity contribution in [2.45, 2.75) is 30.6 Å². The van der Waals surface area contributed by atoms with Gasteiger partial charge in [0.1, 0.15) is 24.4 Å². The smallest absolute Gasteiger partial charge is 0.284 e. The van der Waals surface area contributed by atoms with Crippen molar-refractivity contribution in [2.75, 3.05) is 6.61 Å². The van der Waals surface area contributed by atoms with Crippen molar-refractivity contribution in [1.29, 1.82) is 0 Å². The Kier molecular flexibility index (Phi) is 3.47. The number of aromatic amines is 1. The van der Waals surface area contributed by atoms with Crippen LogP contribution in [0.15, 0.2) is 11.1 Å². The van der Waals surface area contributed by atoms with Gasteiger partial charge in [0.15, 0.2) is 23.7 Å². The summed E-state index contributed by atoms with van der Waals surface area (Å²) in [6.45, 7) is -0.589. The summed E-state index contributed by atoms with van der Waals surface area (Å²) in [6, 6.07) is 0. The Balaban J connectivity index is 2.04. The number of aliphatic hydroxyl groups excluding tert-OH is 4. The van der Waals surface area contributed by atoms with Gasteiger partial charge >= 0.3 is 0 Å². The molecule has 1 unspecified atom stereocenters. The molecule has 2 aromatic heterocycles. The largest absolute Gasteiger partial charge is 0.394 e. The van der Waals surface area contributed by atoms with Crippen LogP contribution in [0.2, 0.25) is 0 Å². The van der Waals surface area contributed by atoms with Gasteiger partial charge < -0.3 is 30.1 Å². The van der Waals surface area contributed by atoms with E-state index in [-0.39, 0.29) is 11.2 Å². The van der Waals surface area contributed by atoms with Gasteiger partial charge in [-0.2, -0.15) is 0 Å². The van der Waals surface area contributed by atoms with Crippen molar-refractivity contribution in [1.82, 2.24) is 19.5 Å². The van der Waals surface area contributed by atoms with Crippen LogP contribution in [-0.2, 0) is 4.74 Å². The van der Waals surface area contributed by atoms with E-state index >= 15 is 0 Å². The highest BCUT2D eigenvalue weighted by Crippen LogP contribution is 2.27. The molecule has 0 aliphatic carbocycles. The summed E-state index contributed by atoms with van der Waals surface area (Å²) < 4.78 is 6.11. The van der Waals surface area contributed by atoms with E-state index in [1.54, 1.807) is 0 Å². The highest BCUT2D eigenvalue weighted by atomic mass is 16.6. The Hall–Kier alpha value is -1.85. The summed E-state index contributed by atoms with van der Waals surface area (Å²) in [5.41, 5.74) is -0.392. The average Bonchev–Trinajstić information content (AvgIpc) is 2.96. The standard InChI is InChI=1S/C11H13N4O6/c16-1-4-6(17)7(18)8(19)11(21-4)15-3-14-9-5(10(15)20)12-2-13-9/h2,4,6-8,11,16-19H,1H2,(H,12,13)/t4-,6-,7+,8-,11?/m1/s1. The van der Waals surface area contributed by atoms with Gasteiger partial charge in [-0.3, -0.25) is 9.36 Å². The molecule has 5 atom stereocenters. The Labute approximate surface area is 117 Å². The van der Waals surface area contributed by atoms with E-state index in [9.17, 15) is 20.1 Å². The van der Waals surface area contributed by atoms with E-state index in [0.717, 1.165) is 4.57 Å². The third-order valence-electron chi connectivity index (χ3n) is 3.43. The molecule has 10 nitrogen and oxygen atoms in total. The maximum Gasteiger partial charge on any atom is 0.284 e. The van der Waals surface area contributed by atoms with E-state index in [4.69, 9.17) is 9.84 Å². The zero-order chi connectivity index (χ0) is 15.1. The number of fused-ring (bicyclic) bond motifs is 1. The highest BCUT2D eigenvalue weighted by Gasteiger charge is 2.44. The maximum absolute atomic E-state index is 12.2. The molecule has 0 amide bonds. The minimum absolute atomic E-state index is 0.0192. The number of nitrogens with zero attached hydrogens (tertiary/aromatic N) is 3. The minimum Gasteiger partial charge on any atom is -0.394 e. The summed E-state index contributed by atoms with van der Waals surface area (Å²) in [7, 11) is 0. The normalized spacial score (nSPS) is 33.4. The first kappa shape index (κ1) is 14.1. The zero-order valence-corrected chi connectivity index (χ0v) is 10.6. The van der Waals surface area contributed by atoms with Crippen LogP contribution in [0.5, 0.6) is 0 Å². The van der Waals surface area contributed by atoms with Gasteiger partial charge in [0.25, 0.3) is 5.56 Å². The van der Waals surface area contributed by atoms with E-state index in [0.29, 0.717) is 0 Å². The Morgan fingerprint density at radius 2 is 2.10 bits per heavy atom. The molecule has 21 heavy (non-hydrogen) atoms. The molecule has 1 aliphatic heterocycles. The molecule has 1 saturated heterocycles. The molecule has 2 aromatic rings. The molecule has 113 valence electrons. The molecule has 1 radical (unpaired) electrons. The number of aliphatic hydroxyl groups is 4. The fraction of sp³-hybridized carbons (Fsp3) is 0.545. The molecular formula is C11H13N4O6. The summed E-state index contributed by atoms with van der Waals surface area (Å²) in [6.07, 6.45) is -3.49. The molecule has 5 N–H and O–H groups in total. The number of hydrogen-bond acceptors (Lipinski definition) is 8. The summed E-state index contributed by atoms with van der Waals surface area (Å²) in [5, 5.41) is 38.5. The molecule has 0 saturated carbocycles. The lowest BCUT2D eigenvalue weighted by Gasteiger charge is -2.40. The molecule has 0 aromatic carbocycles. The van der Waals surface area contributed by atoms with Gasteiger partial charge in [-0.25, -0.2) is 9.97 Å². The van der Waals surface area contributed by atoms with Crippen molar-refractivity contribution < 1.29 is 25.2 Å². The molecule has 1 fully saturated rings. The maximum atomic E-state index is 12.2. The van der Waals surface area contributed by atoms with E-state index in [1.165, 1.54) is 6.33 Å². The molecule has 0 spiro atoms. The van der Waals surface area contributed by atoms with E-state index in [1.807, 2.05) is 0 Å². The molecule has 0 bridgehead atoms. The van der Waals surface area contributed by atoms with Crippen molar-refractivity contribution >= 4 is 11.2 Å². The van der Waals surface area contributed by atoms with Crippen LogP contribution < -0.4 is 5.56 Å². The molecular weight excluding hydrogens is 284 g/mol. The van der Waals surface area contributed by atoms with Gasteiger partial charge in [-0.15, -0.1) is 0 Å². The molecule has 1 aliphatic rings. The first-order valence-corrected chi connectivity index (χ1v) is 6.18. The number of imidazole rings is 1. The minimum atomic E-state index is -1.59. The molecule has 10 heteroatoms. The number of hydrogen-bond donors (Lipinski definition) is 5. The summed E-state index contributed by atoms with van der Waals surface area (Å²) >= 11 is 0. The van der Waals surface area contributed by atoms with E-state index in [2.05, 4.69) is 21.3 Å². The first-order valence-electron chi connectivity index (χ1n) is 6.18. The highest BCUT2D eigenvalue weighted by molar-refractivity contribution is 5.67. The Bertz CT molecular complexity index is 697. The number of rotatable bonds is 2. The van der Waals surface area contributed by atoms with Crippen LogP contribution in [-0.4, -0.2) is 71.0 Å². The lowest BCUT2D eigenvalue weighted by Crippen LogP contribution is -2.57. The van der Waals surface area contributed by atoms with Gasteiger partial charge in [0, 0.05) is 0 Å². The average molecular weight is 297 g/mol. The monoisotopic (exact) mass is 297 g/mol. The van der Waals surface area contributed by atoms with Gasteiger partial charge in [-0.1, -0.05) is 0 Å². The van der Waals surface area contributed by atoms with Crippen LogP contribution in [0.3, 0.4) is 0 Å². The fourth-order valence-electron chi connectivity index (χ4n) is 2.26. The lowest BCUT2D eigenvalue weighted by molar-refractivity contribution is -0.252. The van der Waals surface area contributed by atoms with Crippen molar-refractivity contribution in [3.05, 3.63) is 23.0 Å². The van der Waals surface area contributed by atoms with E-state index < -0.39 is 42.8 Å². The lowest BCUT2D eigenvalue weighted by atomic mass is 9.98. The predicted octanol–water partition coefficient (Wildman–Crippen LogP) is -3.11. The third kappa shape index (κ3) is 2.13. The quantitative estimate of drug-likeness (QED) is 0.390. The summed E-state index contributed by atoms with van der Waals surface area (Å²) in [5.74, 6) is 0. The second-order valence-corrected chi connectivity index (χ2v) is 4.71. The van der Waals surface area contributed by atoms with Crippen molar-refractivity contribution in [3.63, 3.8) is 0 Å². The predicted molar refractivity (Wildman–Crippen MR) is 66.0 cm³/mol. The van der Waals surface area contributed by atoms with Crippen molar-refractivity contribution in [2.24, 2.45) is 0 Å². The Morgan fingerprint density at radius 1 is 1.33 bits per heavy atom. The van der Waals surface area contributed by atoms with Crippen LogP contribution >= 0.6 is 0 Å². The van der Waals surface area contributed by atoms with Crippen molar-refractivity contribution in [3.8, 4) is 0 Å². The molecule has 3 heterocycles. The van der Waals surface area contributed by atoms with Gasteiger partial charge in [0.05, 0.1) is 12.9 Å². The SMILES string of the molecule is O=c1c2nc[nH]c2n[c]n1C1O[C@H](CO)[C@@H](O)[C@H](O)[C@H]1O. The second-order valence-electron chi connectivity index (χ2n) is 4.71. The third-order valence-corrected chi connectivity index (χ3v) is 3.43. The fourth-order valence-corrected chi connectivity index (χ4v) is 2.26. The number of H-pyrrole nitrogens is 1. The van der Waals surface area contributed by atoms with Crippen LogP contribution in [0.4, 0.5) is 0 Å². The second kappa shape index (κ2) is 5.16. The number of ether oxygens (including phenoxy) is 1. The van der Waals surface area contributed by atoms with Crippen LogP contribution in [0.25, 0.3) is 11.2 Å². The van der Waals surface area contributed by atoms with Gasteiger partial charge in [0.2, 0.25) is 0 Å². The number of aromatic nitrogens is 4. The Morgan fingerprint density at radius 3 is 2.81 bits per heavy atom. The van der Waals surface area contributed by atoms with Gasteiger partial charge in [-0.05, 0) is 0 Å². The van der Waals surface area contributed by atoms with Crippen LogP contribution in [0.1, 0.15) is 6.23 Å². The summed E-state index contributed by atoms with van der Waals surface area (Å²) in [4.78, 5) is 22.5. The first-order chi connectivity index (χ1) is 10.0. The topological polar surface area (TPSA) is 154 Å². The zero-order valence-electron chi connectivity index (χ0n) is 10.6. The molecule has 3 rings (SSSR count).